The molecule has 0 aromatic heterocycles. The lowest BCUT2D eigenvalue weighted by Gasteiger charge is -2.27. The van der Waals surface area contributed by atoms with E-state index in [2.05, 4.69) is 19.2 Å². The van der Waals surface area contributed by atoms with Gasteiger partial charge in [-0.1, -0.05) is 13.8 Å². The van der Waals surface area contributed by atoms with Gasteiger partial charge in [0, 0.05) is 38.5 Å². The van der Waals surface area contributed by atoms with Crippen molar-refractivity contribution in [3.05, 3.63) is 0 Å². The second-order valence-corrected chi connectivity index (χ2v) is 5.50. The normalized spacial score (nSPS) is 21.6. The van der Waals surface area contributed by atoms with E-state index in [-0.39, 0.29) is 23.8 Å². The highest BCUT2D eigenvalue weighted by atomic mass is 16.2. The maximum absolute atomic E-state index is 12.1. The summed E-state index contributed by atoms with van der Waals surface area (Å²) in [7, 11) is 1.79. The Kier molecular flexibility index (Phi) is 5.59. The number of rotatable bonds is 5. The van der Waals surface area contributed by atoms with E-state index in [1.807, 2.05) is 0 Å². The van der Waals surface area contributed by atoms with E-state index in [1.165, 1.54) is 0 Å². The Balaban J connectivity index is 2.38. The Morgan fingerprint density at radius 2 is 2.22 bits per heavy atom. The third kappa shape index (κ3) is 4.29. The van der Waals surface area contributed by atoms with Crippen LogP contribution in [0, 0.1) is 11.8 Å². The van der Waals surface area contributed by atoms with E-state index in [9.17, 15) is 9.59 Å². The Labute approximate surface area is 109 Å². The molecule has 1 heterocycles. The quantitative estimate of drug-likeness (QED) is 0.744. The summed E-state index contributed by atoms with van der Waals surface area (Å²) >= 11 is 0. The standard InChI is InChI=1S/C13H25N3O2/c1-9(2)11(14)5-7-16(3)13(18)10-4-6-15-12(17)8-10/h9-11H,4-8,14H2,1-3H3,(H,15,17). The summed E-state index contributed by atoms with van der Waals surface area (Å²) in [4.78, 5) is 25.1. The minimum Gasteiger partial charge on any atom is -0.356 e. The molecule has 0 aliphatic carbocycles. The number of piperidine rings is 1. The van der Waals surface area contributed by atoms with Crippen LogP contribution in [-0.4, -0.2) is 42.9 Å². The Bertz CT molecular complexity index is 305. The number of hydrogen-bond donors (Lipinski definition) is 2. The maximum Gasteiger partial charge on any atom is 0.226 e. The summed E-state index contributed by atoms with van der Waals surface area (Å²) in [5.74, 6) is 0.320. The molecule has 5 nitrogen and oxygen atoms in total. The predicted octanol–water partition coefficient (Wildman–Crippen LogP) is 0.344. The summed E-state index contributed by atoms with van der Waals surface area (Å²) in [5, 5.41) is 2.74. The van der Waals surface area contributed by atoms with Crippen LogP contribution in [0.15, 0.2) is 0 Å². The van der Waals surface area contributed by atoms with E-state index >= 15 is 0 Å². The van der Waals surface area contributed by atoms with Gasteiger partial charge in [0.15, 0.2) is 0 Å². The lowest BCUT2D eigenvalue weighted by Crippen LogP contribution is -2.43. The van der Waals surface area contributed by atoms with Crippen molar-refractivity contribution in [2.24, 2.45) is 17.6 Å². The fourth-order valence-corrected chi connectivity index (χ4v) is 2.09. The number of nitrogens with zero attached hydrogens (tertiary/aromatic N) is 1. The van der Waals surface area contributed by atoms with Crippen molar-refractivity contribution in [2.75, 3.05) is 20.1 Å². The van der Waals surface area contributed by atoms with Crippen molar-refractivity contribution in [3.63, 3.8) is 0 Å². The highest BCUT2D eigenvalue weighted by Crippen LogP contribution is 2.15. The monoisotopic (exact) mass is 255 g/mol. The fraction of sp³-hybridized carbons (Fsp3) is 0.846. The van der Waals surface area contributed by atoms with Crippen molar-refractivity contribution < 1.29 is 9.59 Å². The van der Waals surface area contributed by atoms with Crippen LogP contribution in [0.1, 0.15) is 33.1 Å². The summed E-state index contributed by atoms with van der Waals surface area (Å²) < 4.78 is 0. The second kappa shape index (κ2) is 6.73. The van der Waals surface area contributed by atoms with Gasteiger partial charge in [0.1, 0.15) is 0 Å². The highest BCUT2D eigenvalue weighted by Gasteiger charge is 2.27. The van der Waals surface area contributed by atoms with Gasteiger partial charge in [-0.2, -0.15) is 0 Å². The van der Waals surface area contributed by atoms with E-state index in [1.54, 1.807) is 11.9 Å². The fourth-order valence-electron chi connectivity index (χ4n) is 2.09. The summed E-state index contributed by atoms with van der Waals surface area (Å²) in [6.45, 7) is 5.43. The third-order valence-electron chi connectivity index (χ3n) is 3.63. The Hall–Kier alpha value is -1.10. The number of hydrogen-bond acceptors (Lipinski definition) is 3. The second-order valence-electron chi connectivity index (χ2n) is 5.50. The van der Waals surface area contributed by atoms with Crippen molar-refractivity contribution in [3.8, 4) is 0 Å². The van der Waals surface area contributed by atoms with Gasteiger partial charge in [-0.15, -0.1) is 0 Å². The molecule has 1 saturated heterocycles. The van der Waals surface area contributed by atoms with Gasteiger partial charge in [0.05, 0.1) is 0 Å². The molecule has 0 saturated carbocycles. The summed E-state index contributed by atoms with van der Waals surface area (Å²) in [6.07, 6.45) is 1.86. The van der Waals surface area contributed by atoms with Crippen molar-refractivity contribution in [1.82, 2.24) is 10.2 Å². The molecule has 0 spiro atoms. The van der Waals surface area contributed by atoms with Gasteiger partial charge in [-0.05, 0) is 18.8 Å². The van der Waals surface area contributed by atoms with Crippen LogP contribution in [0.3, 0.4) is 0 Å². The van der Waals surface area contributed by atoms with E-state index in [0.717, 1.165) is 12.8 Å². The average molecular weight is 255 g/mol. The molecule has 0 radical (unpaired) electrons. The molecule has 0 bridgehead atoms. The van der Waals surface area contributed by atoms with Gasteiger partial charge >= 0.3 is 0 Å². The molecule has 18 heavy (non-hydrogen) atoms. The summed E-state index contributed by atoms with van der Waals surface area (Å²) in [5.41, 5.74) is 5.96. The molecule has 2 amide bonds. The van der Waals surface area contributed by atoms with Crippen molar-refractivity contribution >= 4 is 11.8 Å². The van der Waals surface area contributed by atoms with E-state index in [4.69, 9.17) is 5.73 Å². The first kappa shape index (κ1) is 15.0. The van der Waals surface area contributed by atoms with Crippen LogP contribution in [0.4, 0.5) is 0 Å². The first-order valence-electron chi connectivity index (χ1n) is 6.69. The van der Waals surface area contributed by atoms with Crippen LogP contribution < -0.4 is 11.1 Å². The number of carbonyl (C=O) groups excluding carboxylic acids is 2. The zero-order valence-electron chi connectivity index (χ0n) is 11.6. The molecule has 2 unspecified atom stereocenters. The number of amides is 2. The zero-order chi connectivity index (χ0) is 13.7. The molecule has 1 aliphatic heterocycles. The van der Waals surface area contributed by atoms with Gasteiger partial charge in [-0.3, -0.25) is 9.59 Å². The topological polar surface area (TPSA) is 75.4 Å². The molecule has 2 atom stereocenters. The molecule has 1 fully saturated rings. The van der Waals surface area contributed by atoms with Crippen LogP contribution in [0.2, 0.25) is 0 Å². The molecule has 1 aliphatic rings. The van der Waals surface area contributed by atoms with Crippen LogP contribution >= 0.6 is 0 Å². The third-order valence-corrected chi connectivity index (χ3v) is 3.63. The van der Waals surface area contributed by atoms with Gasteiger partial charge in [0.2, 0.25) is 11.8 Å². The molecule has 3 N–H and O–H groups in total. The lowest BCUT2D eigenvalue weighted by atomic mass is 9.95. The average Bonchev–Trinajstić information content (AvgIpc) is 2.34. The minimum absolute atomic E-state index is 0.0214. The van der Waals surface area contributed by atoms with Gasteiger partial charge < -0.3 is 16.0 Å². The van der Waals surface area contributed by atoms with E-state index in [0.29, 0.717) is 25.4 Å². The highest BCUT2D eigenvalue weighted by molar-refractivity contribution is 5.86. The minimum atomic E-state index is -0.154. The first-order valence-corrected chi connectivity index (χ1v) is 6.69. The smallest absolute Gasteiger partial charge is 0.226 e. The van der Waals surface area contributed by atoms with Crippen LogP contribution in [-0.2, 0) is 9.59 Å². The molecule has 1 rings (SSSR count). The zero-order valence-corrected chi connectivity index (χ0v) is 11.6. The SMILES string of the molecule is CC(C)C(N)CCN(C)C(=O)C1CCNC(=O)C1. The maximum atomic E-state index is 12.1. The molecule has 104 valence electrons. The lowest BCUT2D eigenvalue weighted by molar-refractivity contribution is -0.139. The van der Waals surface area contributed by atoms with Gasteiger partial charge in [-0.25, -0.2) is 0 Å². The molecular weight excluding hydrogens is 230 g/mol. The summed E-state index contributed by atoms with van der Waals surface area (Å²) in [6, 6.07) is 0.120. The predicted molar refractivity (Wildman–Crippen MR) is 70.8 cm³/mol. The number of carbonyl (C=O) groups is 2. The molecule has 0 aromatic carbocycles. The molecule has 0 aromatic rings. The molecular formula is C13H25N3O2. The first-order chi connectivity index (χ1) is 8.41. The largest absolute Gasteiger partial charge is 0.356 e. The van der Waals surface area contributed by atoms with Crippen molar-refractivity contribution in [2.45, 2.75) is 39.2 Å². The Morgan fingerprint density at radius 3 is 2.78 bits per heavy atom. The Morgan fingerprint density at radius 1 is 1.56 bits per heavy atom. The van der Waals surface area contributed by atoms with E-state index < -0.39 is 0 Å². The molecule has 5 heteroatoms. The van der Waals surface area contributed by atoms with Gasteiger partial charge in [0.25, 0.3) is 0 Å². The van der Waals surface area contributed by atoms with Crippen LogP contribution in [0.25, 0.3) is 0 Å². The van der Waals surface area contributed by atoms with Crippen LogP contribution in [0.5, 0.6) is 0 Å². The number of nitrogens with one attached hydrogen (secondary N) is 1. The number of nitrogens with two attached hydrogens (primary N) is 1. The van der Waals surface area contributed by atoms with Crippen molar-refractivity contribution in [1.29, 1.82) is 0 Å².